The van der Waals surface area contributed by atoms with Crippen molar-refractivity contribution in [1.29, 1.82) is 0 Å². The van der Waals surface area contributed by atoms with E-state index in [0.717, 1.165) is 39.6 Å². The third-order valence-corrected chi connectivity index (χ3v) is 7.63. The number of aromatic nitrogens is 2. The molecule has 3 N–H and O–H groups in total. The molecule has 0 spiro atoms. The summed E-state index contributed by atoms with van der Waals surface area (Å²) < 4.78 is 2.11. The van der Waals surface area contributed by atoms with E-state index in [1.54, 1.807) is 18.3 Å². The highest BCUT2D eigenvalue weighted by molar-refractivity contribution is 7.80. The molecule has 2 atom stereocenters. The van der Waals surface area contributed by atoms with Gasteiger partial charge in [0.05, 0.1) is 23.3 Å². The van der Waals surface area contributed by atoms with Gasteiger partial charge in [-0.3, -0.25) is 9.78 Å². The Bertz CT molecular complexity index is 1550. The summed E-state index contributed by atoms with van der Waals surface area (Å²) in [6, 6.07) is 22.1. The number of amides is 1. The number of carboxylic acids is 1. The molecular weight excluding hydrogens is 522 g/mol. The van der Waals surface area contributed by atoms with Crippen molar-refractivity contribution in [2.45, 2.75) is 39.3 Å². The molecule has 2 aromatic carbocycles. The first kappa shape index (κ1) is 27.1. The Balaban J connectivity index is 1.46. The van der Waals surface area contributed by atoms with Gasteiger partial charge in [-0.2, -0.15) is 0 Å². The van der Waals surface area contributed by atoms with Gasteiger partial charge in [0.1, 0.15) is 0 Å². The van der Waals surface area contributed by atoms with Crippen LogP contribution in [-0.4, -0.2) is 43.1 Å². The monoisotopic (exact) mass is 553 g/mol. The van der Waals surface area contributed by atoms with Crippen LogP contribution in [0.4, 0.5) is 5.69 Å². The zero-order chi connectivity index (χ0) is 28.4. The minimum Gasteiger partial charge on any atom is -0.478 e. The van der Waals surface area contributed by atoms with Crippen LogP contribution in [-0.2, 0) is 4.79 Å². The first-order chi connectivity index (χ1) is 19.2. The van der Waals surface area contributed by atoms with Crippen molar-refractivity contribution in [2.75, 3.05) is 11.9 Å². The first-order valence-corrected chi connectivity index (χ1v) is 13.5. The van der Waals surface area contributed by atoms with Gasteiger partial charge in [0.2, 0.25) is 5.91 Å². The number of carbonyl (C=O) groups is 2. The molecule has 5 rings (SSSR count). The number of aromatic carboxylic acids is 1. The van der Waals surface area contributed by atoms with Crippen LogP contribution in [0.2, 0.25) is 0 Å². The second-order valence-electron chi connectivity index (χ2n) is 10.00. The lowest BCUT2D eigenvalue weighted by molar-refractivity contribution is -0.116. The molecule has 0 aliphatic carbocycles. The number of hydrogen-bond donors (Lipinski definition) is 3. The molecule has 2 aromatic heterocycles. The van der Waals surface area contributed by atoms with Crippen molar-refractivity contribution in [1.82, 2.24) is 19.8 Å². The lowest BCUT2D eigenvalue weighted by Gasteiger charge is -2.28. The van der Waals surface area contributed by atoms with E-state index in [-0.39, 0.29) is 30.0 Å². The zero-order valence-electron chi connectivity index (χ0n) is 22.6. The van der Waals surface area contributed by atoms with E-state index in [4.69, 9.17) is 12.2 Å². The summed E-state index contributed by atoms with van der Waals surface area (Å²) in [6.45, 7) is 6.51. The van der Waals surface area contributed by atoms with E-state index in [1.807, 2.05) is 75.4 Å². The molecule has 0 bridgehead atoms. The van der Waals surface area contributed by atoms with Crippen LogP contribution in [0.15, 0.2) is 79.0 Å². The molecule has 0 saturated carbocycles. The quantitative estimate of drug-likeness (QED) is 0.248. The topological polar surface area (TPSA) is 99.5 Å². The molecule has 2 unspecified atom stereocenters. The molecule has 8 nitrogen and oxygen atoms in total. The van der Waals surface area contributed by atoms with Crippen molar-refractivity contribution in [3.05, 3.63) is 113 Å². The zero-order valence-corrected chi connectivity index (χ0v) is 23.4. The SMILES string of the molecule is Cc1ccc(NC(=O)CCN2C(=S)NC(c3ccccn3)C2c2cc(C)n(-c3ccc(C(=O)O)cc3)c2C)cc1. The van der Waals surface area contributed by atoms with Gasteiger partial charge in [-0.25, -0.2) is 4.79 Å². The maximum Gasteiger partial charge on any atom is 0.335 e. The van der Waals surface area contributed by atoms with Crippen LogP contribution in [0, 0.1) is 20.8 Å². The Labute approximate surface area is 238 Å². The van der Waals surface area contributed by atoms with Crippen molar-refractivity contribution < 1.29 is 14.7 Å². The third kappa shape index (κ3) is 5.46. The number of thiocarbonyl (C=S) groups is 1. The normalized spacial score (nSPS) is 16.6. The Morgan fingerprint density at radius 2 is 1.75 bits per heavy atom. The minimum atomic E-state index is -0.959. The van der Waals surface area contributed by atoms with Crippen molar-refractivity contribution in [3.8, 4) is 5.69 Å². The number of rotatable bonds is 8. The van der Waals surface area contributed by atoms with E-state index < -0.39 is 5.97 Å². The predicted molar refractivity (Wildman–Crippen MR) is 159 cm³/mol. The maximum atomic E-state index is 12.9. The molecule has 9 heteroatoms. The molecule has 3 heterocycles. The van der Waals surface area contributed by atoms with Gasteiger partial charge in [-0.15, -0.1) is 0 Å². The summed E-state index contributed by atoms with van der Waals surface area (Å²) in [6.07, 6.45) is 2.03. The summed E-state index contributed by atoms with van der Waals surface area (Å²) in [7, 11) is 0. The van der Waals surface area contributed by atoms with Gasteiger partial charge in [-0.05, 0) is 93.1 Å². The summed E-state index contributed by atoms with van der Waals surface area (Å²) in [5.41, 5.74) is 6.93. The highest BCUT2D eigenvalue weighted by Gasteiger charge is 2.41. The molecule has 1 aliphatic rings. The summed E-state index contributed by atoms with van der Waals surface area (Å²) >= 11 is 5.80. The van der Waals surface area contributed by atoms with Crippen LogP contribution in [0.3, 0.4) is 0 Å². The molecule has 1 fully saturated rings. The average molecular weight is 554 g/mol. The van der Waals surface area contributed by atoms with E-state index in [9.17, 15) is 14.7 Å². The fourth-order valence-electron chi connectivity index (χ4n) is 5.30. The summed E-state index contributed by atoms with van der Waals surface area (Å²) in [4.78, 5) is 30.9. The summed E-state index contributed by atoms with van der Waals surface area (Å²) in [5, 5.41) is 16.3. The van der Waals surface area contributed by atoms with Crippen LogP contribution >= 0.6 is 12.2 Å². The Kier molecular flexibility index (Phi) is 7.66. The molecule has 1 saturated heterocycles. The van der Waals surface area contributed by atoms with Crippen LogP contribution in [0.1, 0.15) is 57.1 Å². The Morgan fingerprint density at radius 3 is 2.40 bits per heavy atom. The number of carbonyl (C=O) groups excluding carboxylic acids is 1. The summed E-state index contributed by atoms with van der Waals surface area (Å²) in [5.74, 6) is -1.05. The standard InChI is InChI=1S/C31H31N5O3S/c1-19-7-11-23(12-8-19)33-27(37)15-17-35-29(28(34-31(35)40)26-6-4-5-16-32-26)25-18-20(2)36(21(25)3)24-13-9-22(10-14-24)30(38)39/h4-14,16,18,28-29H,15,17H2,1-3H3,(H,33,37)(H,34,40)(H,38,39). The smallest absolute Gasteiger partial charge is 0.335 e. The van der Waals surface area contributed by atoms with Crippen LogP contribution in [0.5, 0.6) is 0 Å². The van der Waals surface area contributed by atoms with Gasteiger partial charge < -0.3 is 25.2 Å². The minimum absolute atomic E-state index is 0.0873. The number of hydrogen-bond acceptors (Lipinski definition) is 4. The van der Waals surface area contributed by atoms with Gasteiger partial charge in [-0.1, -0.05) is 23.8 Å². The van der Waals surface area contributed by atoms with Gasteiger partial charge in [0, 0.05) is 41.9 Å². The molecule has 40 heavy (non-hydrogen) atoms. The number of aryl methyl sites for hydroxylation is 2. The van der Waals surface area contributed by atoms with Crippen molar-refractivity contribution >= 4 is 34.9 Å². The Hall–Kier alpha value is -4.50. The highest BCUT2D eigenvalue weighted by atomic mass is 32.1. The average Bonchev–Trinajstić information content (AvgIpc) is 3.43. The fourth-order valence-corrected chi connectivity index (χ4v) is 5.64. The number of nitrogens with zero attached hydrogens (tertiary/aromatic N) is 3. The number of carboxylic acid groups (broad SMARTS) is 1. The number of nitrogens with one attached hydrogen (secondary N) is 2. The van der Waals surface area contributed by atoms with E-state index in [2.05, 4.69) is 31.2 Å². The Morgan fingerprint density at radius 1 is 1.02 bits per heavy atom. The van der Waals surface area contributed by atoms with Crippen LogP contribution < -0.4 is 10.6 Å². The predicted octanol–water partition coefficient (Wildman–Crippen LogP) is 5.50. The van der Waals surface area contributed by atoms with E-state index in [1.165, 1.54) is 0 Å². The highest BCUT2D eigenvalue weighted by Crippen LogP contribution is 2.41. The van der Waals surface area contributed by atoms with Gasteiger partial charge in [0.25, 0.3) is 0 Å². The van der Waals surface area contributed by atoms with E-state index >= 15 is 0 Å². The van der Waals surface area contributed by atoms with Crippen molar-refractivity contribution in [2.24, 2.45) is 0 Å². The van der Waals surface area contributed by atoms with Gasteiger partial charge >= 0.3 is 5.97 Å². The maximum absolute atomic E-state index is 12.9. The van der Waals surface area contributed by atoms with Crippen LogP contribution in [0.25, 0.3) is 5.69 Å². The van der Waals surface area contributed by atoms with Gasteiger partial charge in [0.15, 0.2) is 5.11 Å². The fraction of sp³-hybridized carbons (Fsp3) is 0.226. The van der Waals surface area contributed by atoms with Crippen molar-refractivity contribution in [3.63, 3.8) is 0 Å². The lowest BCUT2D eigenvalue weighted by Crippen LogP contribution is -2.32. The number of benzene rings is 2. The molecule has 1 aliphatic heterocycles. The third-order valence-electron chi connectivity index (χ3n) is 7.27. The molecule has 4 aromatic rings. The van der Waals surface area contributed by atoms with E-state index in [0.29, 0.717) is 11.7 Å². The lowest BCUT2D eigenvalue weighted by atomic mass is 9.96. The number of anilines is 1. The number of pyridine rings is 1. The first-order valence-electron chi connectivity index (χ1n) is 13.1. The second kappa shape index (κ2) is 11.3. The molecule has 0 radical (unpaired) electrons. The molecule has 204 valence electrons. The second-order valence-corrected chi connectivity index (χ2v) is 10.4. The largest absolute Gasteiger partial charge is 0.478 e. The molecular formula is C31H31N5O3S. The molecule has 1 amide bonds.